The molecule has 0 radical (unpaired) electrons. The third-order valence-electron chi connectivity index (χ3n) is 3.41. The monoisotopic (exact) mass is 269 g/mol. The summed E-state index contributed by atoms with van der Waals surface area (Å²) < 4.78 is 0. The number of aromatic nitrogens is 4. The zero-order valence-corrected chi connectivity index (χ0v) is 11.0. The van der Waals surface area contributed by atoms with Gasteiger partial charge in [-0.1, -0.05) is 12.1 Å². The molecule has 1 saturated heterocycles. The molecular formula is C13H15N7. The molecule has 1 aliphatic rings. The Kier molecular flexibility index (Phi) is 3.67. The molecule has 1 fully saturated rings. The number of aromatic amines is 1. The van der Waals surface area contributed by atoms with E-state index in [0.29, 0.717) is 11.5 Å². The summed E-state index contributed by atoms with van der Waals surface area (Å²) in [5.74, 6) is 0.542. The highest BCUT2D eigenvalue weighted by atomic mass is 15.5. The van der Waals surface area contributed by atoms with Crippen LogP contribution in [0.15, 0.2) is 18.2 Å². The Balaban J connectivity index is 1.91. The minimum atomic E-state index is 0.542. The van der Waals surface area contributed by atoms with Gasteiger partial charge >= 0.3 is 0 Å². The molecule has 0 atom stereocenters. The lowest BCUT2D eigenvalue weighted by atomic mass is 10.0. The van der Waals surface area contributed by atoms with Crippen molar-refractivity contribution in [3.05, 3.63) is 35.2 Å². The summed E-state index contributed by atoms with van der Waals surface area (Å²) in [6.45, 7) is 12.0. The van der Waals surface area contributed by atoms with Crippen LogP contribution in [0.4, 0.5) is 5.69 Å². The molecule has 20 heavy (non-hydrogen) atoms. The predicted octanol–water partition coefficient (Wildman–Crippen LogP) is 0.823. The lowest BCUT2D eigenvalue weighted by Gasteiger charge is -2.27. The molecule has 0 bridgehead atoms. The van der Waals surface area contributed by atoms with E-state index >= 15 is 0 Å². The van der Waals surface area contributed by atoms with Gasteiger partial charge in [0.05, 0.1) is 6.57 Å². The number of hydrogen-bond acceptors (Lipinski definition) is 5. The van der Waals surface area contributed by atoms with Crippen LogP contribution in [0.1, 0.15) is 5.56 Å². The van der Waals surface area contributed by atoms with Gasteiger partial charge in [-0.2, -0.15) is 5.21 Å². The number of rotatable bonds is 3. The van der Waals surface area contributed by atoms with Crippen molar-refractivity contribution in [2.24, 2.45) is 0 Å². The number of tetrazole rings is 1. The van der Waals surface area contributed by atoms with Crippen LogP contribution in [0.5, 0.6) is 0 Å². The van der Waals surface area contributed by atoms with Crippen LogP contribution in [-0.2, 0) is 6.54 Å². The molecule has 1 aromatic carbocycles. The highest BCUT2D eigenvalue weighted by Crippen LogP contribution is 2.26. The molecule has 2 heterocycles. The molecule has 2 aromatic rings. The zero-order chi connectivity index (χ0) is 13.8. The van der Waals surface area contributed by atoms with Gasteiger partial charge in [-0.25, -0.2) is 4.85 Å². The first-order valence-electron chi connectivity index (χ1n) is 6.54. The van der Waals surface area contributed by atoms with E-state index in [4.69, 9.17) is 6.57 Å². The van der Waals surface area contributed by atoms with Crippen molar-refractivity contribution in [3.8, 4) is 11.4 Å². The molecular weight excluding hydrogens is 254 g/mol. The lowest BCUT2D eigenvalue weighted by Crippen LogP contribution is -2.42. The summed E-state index contributed by atoms with van der Waals surface area (Å²) in [5.41, 5.74) is 2.60. The van der Waals surface area contributed by atoms with Crippen molar-refractivity contribution in [2.45, 2.75) is 6.54 Å². The second-order valence-electron chi connectivity index (χ2n) is 4.71. The maximum Gasteiger partial charge on any atom is 0.203 e. The van der Waals surface area contributed by atoms with Crippen molar-refractivity contribution in [3.63, 3.8) is 0 Å². The molecule has 1 aromatic heterocycles. The van der Waals surface area contributed by atoms with Crippen LogP contribution >= 0.6 is 0 Å². The lowest BCUT2D eigenvalue weighted by molar-refractivity contribution is 0.233. The topological polar surface area (TPSA) is 74.1 Å². The number of benzene rings is 1. The smallest absolute Gasteiger partial charge is 0.203 e. The Hall–Kier alpha value is -2.30. The molecule has 1 aliphatic heterocycles. The Morgan fingerprint density at radius 3 is 2.85 bits per heavy atom. The van der Waals surface area contributed by atoms with Crippen LogP contribution in [0.3, 0.4) is 0 Å². The summed E-state index contributed by atoms with van der Waals surface area (Å²) in [4.78, 5) is 5.85. The van der Waals surface area contributed by atoms with Crippen LogP contribution < -0.4 is 5.32 Å². The largest absolute Gasteiger partial charge is 0.314 e. The van der Waals surface area contributed by atoms with Crippen molar-refractivity contribution in [2.75, 3.05) is 26.2 Å². The molecule has 0 amide bonds. The van der Waals surface area contributed by atoms with Crippen LogP contribution in [-0.4, -0.2) is 51.7 Å². The zero-order valence-electron chi connectivity index (χ0n) is 11.0. The highest BCUT2D eigenvalue weighted by molar-refractivity contribution is 5.66. The maximum atomic E-state index is 7.13. The second-order valence-corrected chi connectivity index (χ2v) is 4.71. The fourth-order valence-electron chi connectivity index (χ4n) is 2.37. The third-order valence-corrected chi connectivity index (χ3v) is 3.41. The van der Waals surface area contributed by atoms with Gasteiger partial charge in [0.15, 0.2) is 5.69 Å². The standard InChI is InChI=1S/C13H15N7/c1-14-11-3-2-10(9-20-6-4-15-5-7-20)12(8-11)13-16-18-19-17-13/h2-3,8,15H,4-7,9H2,(H,16,17,18,19). The van der Waals surface area contributed by atoms with Crippen LogP contribution in [0.25, 0.3) is 16.2 Å². The quantitative estimate of drug-likeness (QED) is 0.807. The van der Waals surface area contributed by atoms with Gasteiger partial charge in [-0.3, -0.25) is 4.90 Å². The summed E-state index contributed by atoms with van der Waals surface area (Å²) in [7, 11) is 0. The number of H-pyrrole nitrogens is 1. The molecule has 0 saturated carbocycles. The van der Waals surface area contributed by atoms with E-state index in [-0.39, 0.29) is 0 Å². The first-order valence-corrected chi connectivity index (χ1v) is 6.54. The first-order chi connectivity index (χ1) is 9.86. The van der Waals surface area contributed by atoms with Crippen molar-refractivity contribution in [1.29, 1.82) is 0 Å². The van der Waals surface area contributed by atoms with E-state index in [1.54, 1.807) is 0 Å². The van der Waals surface area contributed by atoms with Gasteiger partial charge in [0.25, 0.3) is 0 Å². The third kappa shape index (κ3) is 2.66. The van der Waals surface area contributed by atoms with E-state index in [1.807, 2.05) is 18.2 Å². The van der Waals surface area contributed by atoms with E-state index in [1.165, 1.54) is 0 Å². The van der Waals surface area contributed by atoms with E-state index in [9.17, 15) is 0 Å². The molecule has 0 aliphatic carbocycles. The van der Waals surface area contributed by atoms with Gasteiger partial charge < -0.3 is 5.32 Å². The van der Waals surface area contributed by atoms with Crippen molar-refractivity contribution in [1.82, 2.24) is 30.8 Å². The number of nitrogens with zero attached hydrogens (tertiary/aromatic N) is 5. The Bertz CT molecular complexity index is 608. The van der Waals surface area contributed by atoms with Gasteiger partial charge in [0.2, 0.25) is 5.82 Å². The van der Waals surface area contributed by atoms with Crippen LogP contribution in [0, 0.1) is 6.57 Å². The first kappa shape index (κ1) is 12.7. The van der Waals surface area contributed by atoms with E-state index in [2.05, 4.69) is 35.7 Å². The van der Waals surface area contributed by atoms with Gasteiger partial charge in [0, 0.05) is 38.3 Å². The van der Waals surface area contributed by atoms with Crippen LogP contribution in [0.2, 0.25) is 0 Å². The molecule has 7 heteroatoms. The maximum absolute atomic E-state index is 7.13. The highest BCUT2D eigenvalue weighted by Gasteiger charge is 2.15. The molecule has 0 unspecified atom stereocenters. The summed E-state index contributed by atoms with van der Waals surface area (Å²) >= 11 is 0. The Morgan fingerprint density at radius 1 is 1.30 bits per heavy atom. The summed E-state index contributed by atoms with van der Waals surface area (Å²) in [5, 5.41) is 17.5. The van der Waals surface area contributed by atoms with Gasteiger partial charge in [0.1, 0.15) is 0 Å². The minimum absolute atomic E-state index is 0.542. The van der Waals surface area contributed by atoms with Gasteiger partial charge in [-0.05, 0) is 16.8 Å². The van der Waals surface area contributed by atoms with E-state index < -0.39 is 0 Å². The van der Waals surface area contributed by atoms with Crippen molar-refractivity contribution < 1.29 is 0 Å². The number of nitrogens with one attached hydrogen (secondary N) is 2. The fourth-order valence-corrected chi connectivity index (χ4v) is 2.37. The molecule has 3 rings (SSSR count). The predicted molar refractivity (Wildman–Crippen MR) is 74.0 cm³/mol. The molecule has 7 nitrogen and oxygen atoms in total. The normalized spacial score (nSPS) is 15.9. The summed E-state index contributed by atoms with van der Waals surface area (Å²) in [6, 6.07) is 5.66. The van der Waals surface area contributed by atoms with Crippen molar-refractivity contribution >= 4 is 5.69 Å². The number of hydrogen-bond donors (Lipinski definition) is 2. The Labute approximate surface area is 116 Å². The number of piperazine rings is 1. The molecule has 102 valence electrons. The summed E-state index contributed by atoms with van der Waals surface area (Å²) in [6.07, 6.45) is 0. The van der Waals surface area contributed by atoms with Gasteiger partial charge in [-0.15, -0.1) is 10.2 Å². The molecule has 2 N–H and O–H groups in total. The fraction of sp³-hybridized carbons (Fsp3) is 0.385. The minimum Gasteiger partial charge on any atom is -0.314 e. The van der Waals surface area contributed by atoms with E-state index in [0.717, 1.165) is 43.9 Å². The average molecular weight is 269 g/mol. The molecule has 0 spiro atoms. The Morgan fingerprint density at radius 2 is 2.15 bits per heavy atom. The average Bonchev–Trinajstić information content (AvgIpc) is 3.03. The second kappa shape index (κ2) is 5.77. The SMILES string of the molecule is [C-]#[N+]c1ccc(CN2CCNCC2)c(-c2nn[nH]n2)c1.